The van der Waals surface area contributed by atoms with Crippen molar-refractivity contribution in [3.05, 3.63) is 78.3 Å². The second kappa shape index (κ2) is 9.46. The van der Waals surface area contributed by atoms with E-state index < -0.39 is 10.0 Å². The van der Waals surface area contributed by atoms with Crippen LogP contribution in [0.2, 0.25) is 0 Å². The molecule has 8 nitrogen and oxygen atoms in total. The van der Waals surface area contributed by atoms with Gasteiger partial charge in [0.15, 0.2) is 0 Å². The lowest BCUT2D eigenvalue weighted by Crippen LogP contribution is -2.48. The molecule has 168 valence electrons. The highest BCUT2D eigenvalue weighted by Gasteiger charge is 2.24. The molecule has 1 N–H and O–H groups in total. The maximum atomic E-state index is 12.9. The number of anilines is 1. The Morgan fingerprint density at radius 2 is 1.72 bits per heavy atom. The van der Waals surface area contributed by atoms with Gasteiger partial charge >= 0.3 is 0 Å². The number of carbonyl (C=O) groups is 1. The van der Waals surface area contributed by atoms with E-state index in [0.717, 1.165) is 11.4 Å². The molecule has 32 heavy (non-hydrogen) atoms. The summed E-state index contributed by atoms with van der Waals surface area (Å²) >= 11 is 0. The topological polar surface area (TPSA) is 92.1 Å². The Labute approximate surface area is 187 Å². The molecular weight excluding hydrogens is 430 g/mol. The van der Waals surface area contributed by atoms with Gasteiger partial charge in [0.1, 0.15) is 11.5 Å². The monoisotopic (exact) mass is 455 g/mol. The Morgan fingerprint density at radius 1 is 1.00 bits per heavy atom. The third kappa shape index (κ3) is 4.79. The van der Waals surface area contributed by atoms with Crippen molar-refractivity contribution in [3.63, 3.8) is 0 Å². The fourth-order valence-electron chi connectivity index (χ4n) is 3.66. The van der Waals surface area contributed by atoms with Gasteiger partial charge in [0.2, 0.25) is 10.0 Å². The maximum absolute atomic E-state index is 12.9. The highest BCUT2D eigenvalue weighted by atomic mass is 32.2. The van der Waals surface area contributed by atoms with Crippen LogP contribution in [0.5, 0.6) is 5.75 Å². The number of nitrogens with zero attached hydrogens (tertiary/aromatic N) is 2. The Hall–Kier alpha value is -3.30. The van der Waals surface area contributed by atoms with Crippen LogP contribution < -0.4 is 14.4 Å². The van der Waals surface area contributed by atoms with Crippen LogP contribution in [-0.2, 0) is 16.6 Å². The Balaban J connectivity index is 1.37. The number of furan rings is 1. The smallest absolute Gasteiger partial charge is 0.253 e. The van der Waals surface area contributed by atoms with Gasteiger partial charge in [-0.3, -0.25) is 4.79 Å². The lowest BCUT2D eigenvalue weighted by molar-refractivity contribution is 0.0746. The van der Waals surface area contributed by atoms with E-state index in [1.807, 2.05) is 24.3 Å². The summed E-state index contributed by atoms with van der Waals surface area (Å²) in [6, 6.07) is 17.2. The Morgan fingerprint density at radius 3 is 2.38 bits per heavy atom. The first-order valence-electron chi connectivity index (χ1n) is 10.3. The molecule has 0 spiro atoms. The van der Waals surface area contributed by atoms with Crippen molar-refractivity contribution in [2.24, 2.45) is 0 Å². The number of nitrogens with one attached hydrogen (secondary N) is 1. The SMILES string of the molecule is COc1ccccc1N1CCN(C(=O)c2ccc(S(=O)(=O)NCc3ccco3)cc2)CC1. The normalized spacial score (nSPS) is 14.4. The first kappa shape index (κ1) is 21.9. The minimum absolute atomic E-state index is 0.0620. The van der Waals surface area contributed by atoms with Crippen molar-refractivity contribution in [3.8, 4) is 5.75 Å². The highest BCUT2D eigenvalue weighted by molar-refractivity contribution is 7.89. The summed E-state index contributed by atoms with van der Waals surface area (Å²) in [4.78, 5) is 17.0. The minimum Gasteiger partial charge on any atom is -0.495 e. The van der Waals surface area contributed by atoms with Crippen LogP contribution in [0.15, 0.2) is 76.2 Å². The minimum atomic E-state index is -3.70. The average molecular weight is 456 g/mol. The number of benzene rings is 2. The molecule has 0 bridgehead atoms. The summed E-state index contributed by atoms with van der Waals surface area (Å²) in [5.74, 6) is 1.22. The number of para-hydroxylation sites is 2. The molecule has 4 rings (SSSR count). The summed E-state index contributed by atoms with van der Waals surface area (Å²) in [6.45, 7) is 2.58. The standard InChI is InChI=1S/C23H25N3O5S/c1-30-22-7-3-2-6-21(22)25-12-14-26(15-13-25)23(27)18-8-10-20(11-9-18)32(28,29)24-17-19-5-4-16-31-19/h2-11,16,24H,12-15,17H2,1H3. The van der Waals surface area contributed by atoms with Gasteiger partial charge in [0.05, 0.1) is 30.5 Å². The van der Waals surface area contributed by atoms with Gasteiger partial charge in [-0.25, -0.2) is 13.1 Å². The van der Waals surface area contributed by atoms with Crippen LogP contribution in [0.1, 0.15) is 16.1 Å². The molecule has 1 aliphatic rings. The van der Waals surface area contributed by atoms with Gasteiger partial charge in [0.25, 0.3) is 5.91 Å². The first-order valence-corrected chi connectivity index (χ1v) is 11.8. The van der Waals surface area contributed by atoms with E-state index in [1.165, 1.54) is 18.4 Å². The second-order valence-corrected chi connectivity index (χ2v) is 9.15. The molecule has 2 aromatic carbocycles. The number of hydrogen-bond donors (Lipinski definition) is 1. The molecule has 0 unspecified atom stereocenters. The fraction of sp³-hybridized carbons (Fsp3) is 0.261. The van der Waals surface area contributed by atoms with E-state index in [0.29, 0.717) is 37.5 Å². The van der Waals surface area contributed by atoms with Gasteiger partial charge in [-0.05, 0) is 48.5 Å². The van der Waals surface area contributed by atoms with E-state index in [2.05, 4.69) is 9.62 Å². The van der Waals surface area contributed by atoms with Crippen molar-refractivity contribution in [1.82, 2.24) is 9.62 Å². The highest BCUT2D eigenvalue weighted by Crippen LogP contribution is 2.28. The third-order valence-electron chi connectivity index (χ3n) is 5.42. The van der Waals surface area contributed by atoms with Crippen LogP contribution in [-0.4, -0.2) is 52.5 Å². The second-order valence-electron chi connectivity index (χ2n) is 7.38. The summed E-state index contributed by atoms with van der Waals surface area (Å²) in [6.07, 6.45) is 1.49. The molecule has 9 heteroatoms. The lowest BCUT2D eigenvalue weighted by Gasteiger charge is -2.36. The van der Waals surface area contributed by atoms with E-state index in [9.17, 15) is 13.2 Å². The van der Waals surface area contributed by atoms with Crippen LogP contribution in [0.25, 0.3) is 0 Å². The zero-order valence-electron chi connectivity index (χ0n) is 17.7. The number of hydrogen-bond acceptors (Lipinski definition) is 6. The summed E-state index contributed by atoms with van der Waals surface area (Å²) in [5, 5.41) is 0. The van der Waals surface area contributed by atoms with Crippen molar-refractivity contribution in [2.75, 3.05) is 38.2 Å². The van der Waals surface area contributed by atoms with Crippen molar-refractivity contribution >= 4 is 21.6 Å². The zero-order valence-corrected chi connectivity index (χ0v) is 18.5. The molecular formula is C23H25N3O5S. The summed E-state index contributed by atoms with van der Waals surface area (Å²) < 4.78 is 38.0. The van der Waals surface area contributed by atoms with Gasteiger partial charge in [-0.2, -0.15) is 0 Å². The molecule has 0 radical (unpaired) electrons. The van der Waals surface area contributed by atoms with E-state index in [-0.39, 0.29) is 17.3 Å². The number of ether oxygens (including phenoxy) is 1. The molecule has 1 saturated heterocycles. The number of carbonyl (C=O) groups excluding carboxylic acids is 1. The maximum Gasteiger partial charge on any atom is 0.253 e. The predicted octanol–water partition coefficient (Wildman–Crippen LogP) is 2.73. The number of methoxy groups -OCH3 is 1. The van der Waals surface area contributed by atoms with E-state index >= 15 is 0 Å². The van der Waals surface area contributed by atoms with Crippen LogP contribution >= 0.6 is 0 Å². The predicted molar refractivity (Wildman–Crippen MR) is 120 cm³/mol. The first-order chi connectivity index (χ1) is 15.5. The van der Waals surface area contributed by atoms with Crippen LogP contribution in [0.4, 0.5) is 5.69 Å². The molecule has 1 aliphatic heterocycles. The van der Waals surface area contributed by atoms with E-state index in [1.54, 1.807) is 36.3 Å². The molecule has 1 aromatic heterocycles. The summed E-state index contributed by atoms with van der Waals surface area (Å²) in [7, 11) is -2.05. The number of piperazine rings is 1. The van der Waals surface area contributed by atoms with Crippen LogP contribution in [0.3, 0.4) is 0 Å². The van der Waals surface area contributed by atoms with Gasteiger partial charge in [-0.1, -0.05) is 12.1 Å². The number of rotatable bonds is 7. The molecule has 2 heterocycles. The van der Waals surface area contributed by atoms with Gasteiger partial charge < -0.3 is 19.0 Å². The Kier molecular flexibility index (Phi) is 6.48. The fourth-order valence-corrected chi connectivity index (χ4v) is 4.66. The molecule has 0 atom stereocenters. The van der Waals surface area contributed by atoms with Gasteiger partial charge in [-0.15, -0.1) is 0 Å². The average Bonchev–Trinajstić information content (AvgIpc) is 3.36. The number of sulfonamides is 1. The quantitative estimate of drug-likeness (QED) is 0.589. The molecule has 0 aliphatic carbocycles. The molecule has 1 fully saturated rings. The van der Waals surface area contributed by atoms with Crippen LogP contribution in [0, 0.1) is 0 Å². The van der Waals surface area contributed by atoms with Gasteiger partial charge in [0, 0.05) is 31.7 Å². The molecule has 0 saturated carbocycles. The molecule has 1 amide bonds. The van der Waals surface area contributed by atoms with Crippen molar-refractivity contribution in [1.29, 1.82) is 0 Å². The summed E-state index contributed by atoms with van der Waals surface area (Å²) in [5.41, 5.74) is 1.47. The van der Waals surface area contributed by atoms with E-state index in [4.69, 9.17) is 9.15 Å². The molecule has 3 aromatic rings. The van der Waals surface area contributed by atoms with Crippen molar-refractivity contribution < 1.29 is 22.4 Å². The van der Waals surface area contributed by atoms with Crippen molar-refractivity contribution in [2.45, 2.75) is 11.4 Å². The third-order valence-corrected chi connectivity index (χ3v) is 6.84. The lowest BCUT2D eigenvalue weighted by atomic mass is 10.1. The zero-order chi connectivity index (χ0) is 22.6. The largest absolute Gasteiger partial charge is 0.495 e. The number of amides is 1. The Bertz CT molecular complexity index is 1150.